The van der Waals surface area contributed by atoms with Crippen molar-refractivity contribution in [3.63, 3.8) is 0 Å². The van der Waals surface area contributed by atoms with Crippen LogP contribution in [0.2, 0.25) is 0 Å². The summed E-state index contributed by atoms with van der Waals surface area (Å²) in [5, 5.41) is 0. The molecule has 3 heterocycles. The summed E-state index contributed by atoms with van der Waals surface area (Å²) < 4.78 is 36.1. The lowest BCUT2D eigenvalue weighted by Crippen LogP contribution is -2.32. The second-order valence-corrected chi connectivity index (χ2v) is 6.74. The largest absolute Gasteiger partial charge is 0.300 e. The van der Waals surface area contributed by atoms with Crippen molar-refractivity contribution >= 4 is 16.7 Å². The Labute approximate surface area is 154 Å². The third kappa shape index (κ3) is 2.42. The molecule has 4 aromatic rings. The Morgan fingerprint density at radius 3 is 2.84 bits per heavy atom. The molecule has 0 N–H and O–H groups in total. The molecule has 0 aliphatic carbocycles. The van der Waals surface area contributed by atoms with E-state index in [0.29, 0.717) is 5.56 Å². The van der Waals surface area contributed by atoms with E-state index in [0.717, 1.165) is 33.5 Å². The minimum absolute atomic E-state index is 0.218. The molecule has 0 amide bonds. The van der Waals surface area contributed by atoms with Crippen molar-refractivity contribution in [3.8, 4) is 11.3 Å². The molecule has 0 fully saturated rings. The molecule has 0 saturated carbocycles. The van der Waals surface area contributed by atoms with Crippen LogP contribution in [0.1, 0.15) is 41.9 Å². The first-order valence-corrected chi connectivity index (χ1v) is 8.40. The number of nitrogens with zero attached hydrogens (tertiary/aromatic N) is 3. The van der Waals surface area contributed by atoms with E-state index in [9.17, 15) is 0 Å². The van der Waals surface area contributed by atoms with Crippen LogP contribution in [0.15, 0.2) is 48.8 Å². The second kappa shape index (κ2) is 5.69. The van der Waals surface area contributed by atoms with Crippen LogP contribution in [0.3, 0.4) is 0 Å². The van der Waals surface area contributed by atoms with Crippen LogP contribution in [0.5, 0.6) is 0 Å². The molecule has 0 atom stereocenters. The van der Waals surface area contributed by atoms with Gasteiger partial charge in [0.15, 0.2) is 6.20 Å². The van der Waals surface area contributed by atoms with Crippen molar-refractivity contribution < 1.29 is 10.1 Å². The average Bonchev–Trinajstić information content (AvgIpc) is 3.00. The Morgan fingerprint density at radius 2 is 2.08 bits per heavy atom. The summed E-state index contributed by atoms with van der Waals surface area (Å²) in [5.41, 5.74) is 6.44. The van der Waals surface area contributed by atoms with Crippen LogP contribution in [0.25, 0.3) is 27.9 Å². The Hall–Kier alpha value is -2.68. The van der Waals surface area contributed by atoms with Crippen LogP contribution in [-0.4, -0.2) is 9.38 Å². The molecule has 4 rings (SSSR count). The summed E-state index contributed by atoms with van der Waals surface area (Å²) in [6.45, 7) is 3.21. The molecule has 3 aromatic heterocycles. The molecular formula is C22H24N3+. The van der Waals surface area contributed by atoms with Gasteiger partial charge in [-0.2, -0.15) is 0 Å². The van der Waals surface area contributed by atoms with E-state index < -0.39 is 12.7 Å². The van der Waals surface area contributed by atoms with Crippen molar-refractivity contribution in [1.29, 1.82) is 0 Å². The van der Waals surface area contributed by atoms with Crippen LogP contribution < -0.4 is 4.57 Å². The highest BCUT2D eigenvalue weighted by molar-refractivity contribution is 5.88. The van der Waals surface area contributed by atoms with E-state index in [1.54, 1.807) is 20.0 Å². The summed E-state index contributed by atoms with van der Waals surface area (Å²) in [6, 6.07) is 11.9. The van der Waals surface area contributed by atoms with Crippen LogP contribution in [0, 0.1) is 13.8 Å². The monoisotopic (exact) mass is 334 g/mol. The summed E-state index contributed by atoms with van der Waals surface area (Å²) in [7, 11) is 1.85. The number of pyridine rings is 2. The van der Waals surface area contributed by atoms with Crippen molar-refractivity contribution in [1.82, 2.24) is 9.38 Å². The van der Waals surface area contributed by atoms with Crippen molar-refractivity contribution in [2.24, 2.45) is 7.05 Å². The summed E-state index contributed by atoms with van der Waals surface area (Å²) in [6.07, 6.45) is 3.64. The highest BCUT2D eigenvalue weighted by atomic mass is 15.0. The number of aromatic nitrogens is 3. The summed E-state index contributed by atoms with van der Waals surface area (Å²) >= 11 is 0. The predicted octanol–water partition coefficient (Wildman–Crippen LogP) is 4.72. The van der Waals surface area contributed by atoms with E-state index in [4.69, 9.17) is 10.5 Å². The highest BCUT2D eigenvalue weighted by Crippen LogP contribution is 2.30. The molecule has 0 saturated heterocycles. The Balaban J connectivity index is 2.01. The fraction of sp³-hybridized carbons (Fsp3) is 0.273. The van der Waals surface area contributed by atoms with Gasteiger partial charge in [-0.05, 0) is 55.1 Å². The SMILES string of the molecule is [2H]C([2H])([2H])c1c[n+](C)c(-c2ccc3c(nc4ccccn43)c2C)cc1C([2H])(C)C. The minimum atomic E-state index is -2.27. The maximum absolute atomic E-state index is 8.51. The first-order chi connectivity index (χ1) is 13.5. The maximum Gasteiger partial charge on any atom is 0.212 e. The molecule has 3 nitrogen and oxygen atoms in total. The third-order valence-corrected chi connectivity index (χ3v) is 4.82. The van der Waals surface area contributed by atoms with Gasteiger partial charge in [-0.25, -0.2) is 9.55 Å². The van der Waals surface area contributed by atoms with Crippen molar-refractivity contribution in [3.05, 3.63) is 65.5 Å². The number of hydrogen-bond donors (Lipinski definition) is 0. The molecule has 126 valence electrons. The number of rotatable bonds is 2. The van der Waals surface area contributed by atoms with Gasteiger partial charge >= 0.3 is 0 Å². The molecule has 0 aliphatic rings. The predicted molar refractivity (Wildman–Crippen MR) is 103 cm³/mol. The van der Waals surface area contributed by atoms with Gasteiger partial charge in [-0.3, -0.25) is 4.40 Å². The number of fused-ring (bicyclic) bond motifs is 3. The van der Waals surface area contributed by atoms with Gasteiger partial charge in [-0.1, -0.05) is 19.9 Å². The topological polar surface area (TPSA) is 21.2 Å². The van der Waals surface area contributed by atoms with Gasteiger partial charge in [0.25, 0.3) is 0 Å². The van der Waals surface area contributed by atoms with E-state index in [-0.39, 0.29) is 5.56 Å². The maximum atomic E-state index is 8.51. The Bertz CT molecular complexity index is 1250. The first kappa shape index (κ1) is 11.8. The lowest BCUT2D eigenvalue weighted by Gasteiger charge is -2.12. The molecule has 0 radical (unpaired) electrons. The van der Waals surface area contributed by atoms with Crippen molar-refractivity contribution in [2.45, 2.75) is 33.5 Å². The fourth-order valence-corrected chi connectivity index (χ4v) is 3.47. The Kier molecular flexibility index (Phi) is 2.69. The molecule has 0 aliphatic heterocycles. The summed E-state index contributed by atoms with van der Waals surface area (Å²) in [4.78, 5) is 4.79. The smallest absolute Gasteiger partial charge is 0.212 e. The van der Waals surface area contributed by atoms with Gasteiger partial charge in [0.1, 0.15) is 12.7 Å². The molecule has 3 heteroatoms. The Morgan fingerprint density at radius 1 is 1.24 bits per heavy atom. The second-order valence-electron chi connectivity index (χ2n) is 6.74. The van der Waals surface area contributed by atoms with E-state index in [2.05, 4.69) is 4.40 Å². The van der Waals surface area contributed by atoms with Gasteiger partial charge in [0, 0.05) is 23.3 Å². The highest BCUT2D eigenvalue weighted by Gasteiger charge is 2.19. The lowest BCUT2D eigenvalue weighted by atomic mass is 9.95. The normalized spacial score (nSPS) is 15.0. The zero-order valence-corrected chi connectivity index (χ0v) is 15.0. The third-order valence-electron chi connectivity index (χ3n) is 4.82. The van der Waals surface area contributed by atoms with E-state index in [1.165, 1.54) is 0 Å². The molecule has 25 heavy (non-hydrogen) atoms. The number of imidazole rings is 1. The fourth-order valence-electron chi connectivity index (χ4n) is 3.47. The zero-order valence-electron chi connectivity index (χ0n) is 19.0. The van der Waals surface area contributed by atoms with Gasteiger partial charge in [0.05, 0.1) is 16.6 Å². The van der Waals surface area contributed by atoms with Crippen LogP contribution >= 0.6 is 0 Å². The van der Waals surface area contributed by atoms with Gasteiger partial charge < -0.3 is 0 Å². The van der Waals surface area contributed by atoms with E-state index in [1.807, 2.05) is 61.1 Å². The quantitative estimate of drug-likeness (QED) is 0.486. The standard InChI is InChI=1S/C22H24N3/c1-14(2)18-12-20(24(5)13-15(18)3)17-9-10-19-22(16(17)4)23-21-8-6-7-11-25(19)21/h6-14H,1-5H3/q+1/i3D3,14D. The van der Waals surface area contributed by atoms with E-state index >= 15 is 0 Å². The minimum Gasteiger partial charge on any atom is -0.300 e. The number of benzene rings is 1. The van der Waals surface area contributed by atoms with Crippen LogP contribution in [-0.2, 0) is 7.05 Å². The van der Waals surface area contributed by atoms with Gasteiger partial charge in [-0.15, -0.1) is 0 Å². The van der Waals surface area contributed by atoms with Crippen LogP contribution in [0.4, 0.5) is 0 Å². The molecular weight excluding hydrogens is 306 g/mol. The number of aryl methyl sites for hydroxylation is 3. The van der Waals surface area contributed by atoms with Crippen molar-refractivity contribution in [2.75, 3.05) is 0 Å². The molecule has 0 bridgehead atoms. The molecule has 0 unspecified atom stereocenters. The number of hydrogen-bond acceptors (Lipinski definition) is 1. The molecule has 0 spiro atoms. The van der Waals surface area contributed by atoms with Gasteiger partial charge in [0.2, 0.25) is 5.69 Å². The summed E-state index contributed by atoms with van der Waals surface area (Å²) in [5.74, 6) is -1.03. The zero-order chi connectivity index (χ0) is 21.1. The average molecular weight is 334 g/mol. The lowest BCUT2D eigenvalue weighted by molar-refractivity contribution is -0.660. The first-order valence-electron chi connectivity index (χ1n) is 10.4. The molecule has 1 aromatic carbocycles.